The molecule has 186 valence electrons. The SMILES string of the molecule is CCCCNC(=O)C(c1cccc(O)c1)N(C(=O)C(NC(=O)OC(C)(C)C)C(C)C)C(C)C. The van der Waals surface area contributed by atoms with Crippen LogP contribution >= 0.6 is 0 Å². The van der Waals surface area contributed by atoms with Gasteiger partial charge in [-0.05, 0) is 64.7 Å². The van der Waals surface area contributed by atoms with Crippen molar-refractivity contribution in [2.45, 2.75) is 92.0 Å². The largest absolute Gasteiger partial charge is 0.508 e. The van der Waals surface area contributed by atoms with Crippen molar-refractivity contribution < 1.29 is 24.2 Å². The van der Waals surface area contributed by atoms with E-state index in [9.17, 15) is 19.5 Å². The van der Waals surface area contributed by atoms with Crippen LogP contribution in [-0.2, 0) is 14.3 Å². The quantitative estimate of drug-likeness (QED) is 0.452. The minimum absolute atomic E-state index is 0.00213. The number of unbranched alkanes of at least 4 members (excludes halogenated alkanes) is 1. The fraction of sp³-hybridized carbons (Fsp3) is 0.640. The van der Waals surface area contributed by atoms with Gasteiger partial charge in [-0.3, -0.25) is 9.59 Å². The number of amides is 3. The summed E-state index contributed by atoms with van der Waals surface area (Å²) in [5.74, 6) is -0.984. The molecule has 0 radical (unpaired) electrons. The summed E-state index contributed by atoms with van der Waals surface area (Å²) in [6.07, 6.45) is 1.03. The number of hydrogen-bond acceptors (Lipinski definition) is 5. The minimum Gasteiger partial charge on any atom is -0.508 e. The second kappa shape index (κ2) is 12.5. The average molecular weight is 464 g/mol. The molecule has 0 heterocycles. The van der Waals surface area contributed by atoms with E-state index in [0.29, 0.717) is 12.1 Å². The third-order valence-electron chi connectivity index (χ3n) is 4.96. The Morgan fingerprint density at radius 2 is 1.76 bits per heavy atom. The summed E-state index contributed by atoms with van der Waals surface area (Å²) in [5.41, 5.74) is -0.221. The molecule has 1 rings (SSSR count). The van der Waals surface area contributed by atoms with Crippen molar-refractivity contribution in [1.29, 1.82) is 0 Å². The molecule has 2 unspecified atom stereocenters. The maximum Gasteiger partial charge on any atom is 0.408 e. The van der Waals surface area contributed by atoms with Gasteiger partial charge in [0, 0.05) is 12.6 Å². The van der Waals surface area contributed by atoms with Crippen LogP contribution in [0.5, 0.6) is 5.75 Å². The molecule has 0 aliphatic rings. The van der Waals surface area contributed by atoms with Crippen molar-refractivity contribution in [1.82, 2.24) is 15.5 Å². The summed E-state index contributed by atoms with van der Waals surface area (Å²) in [6.45, 7) is 15.0. The molecule has 8 nitrogen and oxygen atoms in total. The fourth-order valence-electron chi connectivity index (χ4n) is 3.41. The molecule has 8 heteroatoms. The van der Waals surface area contributed by atoms with Gasteiger partial charge in [-0.2, -0.15) is 0 Å². The highest BCUT2D eigenvalue weighted by atomic mass is 16.6. The zero-order valence-corrected chi connectivity index (χ0v) is 21.3. The highest BCUT2D eigenvalue weighted by Gasteiger charge is 2.38. The van der Waals surface area contributed by atoms with Gasteiger partial charge >= 0.3 is 6.09 Å². The molecule has 1 aromatic rings. The number of alkyl carbamates (subject to hydrolysis) is 1. The number of phenolic OH excluding ortho intramolecular Hbond substituents is 1. The second-order valence-electron chi connectivity index (χ2n) is 9.85. The normalized spacial score (nSPS) is 13.4. The average Bonchev–Trinajstić information content (AvgIpc) is 2.67. The second-order valence-corrected chi connectivity index (χ2v) is 9.85. The predicted octanol–water partition coefficient (Wildman–Crippen LogP) is 4.14. The van der Waals surface area contributed by atoms with Gasteiger partial charge in [0.15, 0.2) is 0 Å². The molecule has 2 atom stereocenters. The molecule has 3 N–H and O–H groups in total. The van der Waals surface area contributed by atoms with Gasteiger partial charge in [0.25, 0.3) is 0 Å². The van der Waals surface area contributed by atoms with E-state index in [-0.39, 0.29) is 23.6 Å². The summed E-state index contributed by atoms with van der Waals surface area (Å²) < 4.78 is 5.35. The van der Waals surface area contributed by atoms with E-state index < -0.39 is 29.7 Å². The number of hydrogen-bond donors (Lipinski definition) is 3. The van der Waals surface area contributed by atoms with E-state index in [2.05, 4.69) is 10.6 Å². The first-order valence-electron chi connectivity index (χ1n) is 11.7. The van der Waals surface area contributed by atoms with Crippen molar-refractivity contribution in [2.75, 3.05) is 6.54 Å². The lowest BCUT2D eigenvalue weighted by Gasteiger charge is -2.38. The van der Waals surface area contributed by atoms with E-state index in [0.717, 1.165) is 12.8 Å². The number of carbonyl (C=O) groups is 3. The summed E-state index contributed by atoms with van der Waals surface area (Å²) in [5, 5.41) is 15.6. The van der Waals surface area contributed by atoms with Gasteiger partial charge in [0.05, 0.1) is 0 Å². The molecule has 0 spiro atoms. The van der Waals surface area contributed by atoms with Gasteiger partial charge < -0.3 is 25.4 Å². The van der Waals surface area contributed by atoms with Crippen molar-refractivity contribution in [3.8, 4) is 5.75 Å². The third kappa shape index (κ3) is 8.94. The lowest BCUT2D eigenvalue weighted by molar-refractivity contribution is -0.145. The number of aromatic hydroxyl groups is 1. The van der Waals surface area contributed by atoms with Gasteiger partial charge in [-0.1, -0.05) is 39.3 Å². The van der Waals surface area contributed by atoms with Gasteiger partial charge in [0.2, 0.25) is 11.8 Å². The zero-order valence-electron chi connectivity index (χ0n) is 21.3. The highest BCUT2D eigenvalue weighted by Crippen LogP contribution is 2.28. The highest BCUT2D eigenvalue weighted by molar-refractivity contribution is 5.92. The summed E-state index contributed by atoms with van der Waals surface area (Å²) in [7, 11) is 0. The van der Waals surface area contributed by atoms with E-state index in [1.807, 2.05) is 34.6 Å². The maximum absolute atomic E-state index is 13.8. The first-order chi connectivity index (χ1) is 15.3. The lowest BCUT2D eigenvalue weighted by Crippen LogP contribution is -2.56. The van der Waals surface area contributed by atoms with E-state index in [1.165, 1.54) is 17.0 Å². The van der Waals surface area contributed by atoms with Crippen molar-refractivity contribution in [3.05, 3.63) is 29.8 Å². The Balaban J connectivity index is 3.37. The van der Waals surface area contributed by atoms with Crippen LogP contribution in [0.3, 0.4) is 0 Å². The van der Waals surface area contributed by atoms with Crippen LogP contribution in [0.4, 0.5) is 4.79 Å². The molecule has 33 heavy (non-hydrogen) atoms. The van der Waals surface area contributed by atoms with E-state index in [4.69, 9.17) is 4.74 Å². The molecule has 0 bridgehead atoms. The molecule has 0 aromatic heterocycles. The molecule has 0 saturated carbocycles. The zero-order chi connectivity index (χ0) is 25.3. The number of benzene rings is 1. The van der Waals surface area contributed by atoms with Crippen molar-refractivity contribution in [2.24, 2.45) is 5.92 Å². The molecule has 0 saturated heterocycles. The third-order valence-corrected chi connectivity index (χ3v) is 4.96. The molecular weight excluding hydrogens is 422 g/mol. The summed E-state index contributed by atoms with van der Waals surface area (Å²) in [4.78, 5) is 41.0. The van der Waals surface area contributed by atoms with Gasteiger partial charge in [0.1, 0.15) is 23.4 Å². The number of carbonyl (C=O) groups excluding carboxylic acids is 3. The van der Waals surface area contributed by atoms with Crippen molar-refractivity contribution in [3.63, 3.8) is 0 Å². The fourth-order valence-corrected chi connectivity index (χ4v) is 3.41. The number of ether oxygens (including phenoxy) is 1. The number of rotatable bonds is 10. The van der Waals surface area contributed by atoms with Crippen LogP contribution in [-0.4, -0.2) is 52.1 Å². The predicted molar refractivity (Wildman–Crippen MR) is 129 cm³/mol. The van der Waals surface area contributed by atoms with Crippen LogP contribution in [0, 0.1) is 5.92 Å². The number of nitrogens with one attached hydrogen (secondary N) is 2. The molecule has 0 fully saturated rings. The Morgan fingerprint density at radius 1 is 1.12 bits per heavy atom. The Hall–Kier alpha value is -2.77. The van der Waals surface area contributed by atoms with Crippen molar-refractivity contribution >= 4 is 17.9 Å². The van der Waals surface area contributed by atoms with Crippen LogP contribution in [0.2, 0.25) is 0 Å². The van der Waals surface area contributed by atoms with Gasteiger partial charge in [-0.15, -0.1) is 0 Å². The Bertz CT molecular complexity index is 801. The Kier molecular flexibility index (Phi) is 10.7. The number of phenols is 1. The topological polar surface area (TPSA) is 108 Å². The molecular formula is C25H41N3O5. The monoisotopic (exact) mass is 463 g/mol. The van der Waals surface area contributed by atoms with Crippen LogP contribution in [0.1, 0.15) is 79.8 Å². The number of nitrogens with zero attached hydrogens (tertiary/aromatic N) is 1. The smallest absolute Gasteiger partial charge is 0.408 e. The molecule has 3 amide bonds. The first kappa shape index (κ1) is 28.3. The Morgan fingerprint density at radius 3 is 2.24 bits per heavy atom. The van der Waals surface area contributed by atoms with Crippen LogP contribution in [0.25, 0.3) is 0 Å². The van der Waals surface area contributed by atoms with E-state index in [1.54, 1.807) is 32.9 Å². The molecule has 1 aromatic carbocycles. The van der Waals surface area contributed by atoms with Gasteiger partial charge in [-0.25, -0.2) is 4.79 Å². The summed E-state index contributed by atoms with van der Waals surface area (Å²) in [6, 6.07) is 4.12. The van der Waals surface area contributed by atoms with E-state index >= 15 is 0 Å². The van der Waals surface area contributed by atoms with Crippen LogP contribution in [0.15, 0.2) is 24.3 Å². The molecule has 0 aliphatic carbocycles. The molecule has 0 aliphatic heterocycles. The standard InChI is InChI=1S/C25H41N3O5/c1-9-10-14-26-22(30)21(18-12-11-13-19(29)15-18)28(17(4)5)23(31)20(16(2)3)27-24(32)33-25(6,7)8/h11-13,15-17,20-21,29H,9-10,14H2,1-8H3,(H,26,30)(H,27,32). The summed E-state index contributed by atoms with van der Waals surface area (Å²) >= 11 is 0. The van der Waals surface area contributed by atoms with Crippen LogP contribution < -0.4 is 10.6 Å². The first-order valence-corrected chi connectivity index (χ1v) is 11.7. The Labute approximate surface area is 198 Å². The minimum atomic E-state index is -0.969. The lowest BCUT2D eigenvalue weighted by atomic mass is 9.97. The maximum atomic E-state index is 13.8.